The first-order valence-corrected chi connectivity index (χ1v) is 6.20. The molecule has 19 heavy (non-hydrogen) atoms. The molecule has 1 aromatic carbocycles. The maximum absolute atomic E-state index is 12.0. The van der Waals surface area contributed by atoms with Gasteiger partial charge in [0.25, 0.3) is 0 Å². The molecule has 0 saturated carbocycles. The standard InChI is InChI=1S/C12H12F2N2OS.ClH/c1-7(15)11-16-10(6-18-11)8-2-4-9(5-3-8)17-12(13)14;/h2-7,12H,15H2,1H3;1H. The minimum absolute atomic E-state index is 0. The highest BCUT2D eigenvalue weighted by Gasteiger charge is 2.09. The van der Waals surface area contributed by atoms with Crippen molar-refractivity contribution in [2.45, 2.75) is 19.6 Å². The van der Waals surface area contributed by atoms with Gasteiger partial charge in [-0.1, -0.05) is 0 Å². The van der Waals surface area contributed by atoms with E-state index in [0.717, 1.165) is 16.3 Å². The van der Waals surface area contributed by atoms with Crippen molar-refractivity contribution in [3.8, 4) is 17.0 Å². The van der Waals surface area contributed by atoms with Crippen LogP contribution in [0.25, 0.3) is 11.3 Å². The summed E-state index contributed by atoms with van der Waals surface area (Å²) in [6, 6.07) is 6.26. The highest BCUT2D eigenvalue weighted by atomic mass is 35.5. The first kappa shape index (κ1) is 15.8. The highest BCUT2D eigenvalue weighted by molar-refractivity contribution is 7.10. The van der Waals surface area contributed by atoms with Crippen LogP contribution in [-0.2, 0) is 0 Å². The zero-order valence-corrected chi connectivity index (χ0v) is 11.7. The number of halogens is 3. The molecule has 7 heteroatoms. The number of ether oxygens (including phenoxy) is 1. The lowest BCUT2D eigenvalue weighted by molar-refractivity contribution is -0.0498. The van der Waals surface area contributed by atoms with Gasteiger partial charge in [-0.3, -0.25) is 0 Å². The topological polar surface area (TPSA) is 48.1 Å². The number of nitrogens with two attached hydrogens (primary N) is 1. The van der Waals surface area contributed by atoms with Crippen LogP contribution < -0.4 is 10.5 Å². The predicted molar refractivity (Wildman–Crippen MR) is 74.0 cm³/mol. The second-order valence-electron chi connectivity index (χ2n) is 3.76. The number of nitrogens with zero attached hydrogens (tertiary/aromatic N) is 1. The van der Waals surface area contributed by atoms with Crippen molar-refractivity contribution in [2.24, 2.45) is 5.73 Å². The fourth-order valence-electron chi connectivity index (χ4n) is 1.44. The second-order valence-corrected chi connectivity index (χ2v) is 4.65. The van der Waals surface area contributed by atoms with E-state index in [2.05, 4.69) is 9.72 Å². The van der Waals surface area contributed by atoms with E-state index in [-0.39, 0.29) is 24.2 Å². The molecule has 0 radical (unpaired) electrons. The highest BCUT2D eigenvalue weighted by Crippen LogP contribution is 2.26. The third kappa shape index (κ3) is 4.12. The number of rotatable bonds is 4. The summed E-state index contributed by atoms with van der Waals surface area (Å²) in [7, 11) is 0. The van der Waals surface area contributed by atoms with Crippen molar-refractivity contribution in [2.75, 3.05) is 0 Å². The van der Waals surface area contributed by atoms with E-state index in [4.69, 9.17) is 5.73 Å². The molecule has 0 bridgehead atoms. The monoisotopic (exact) mass is 306 g/mol. The normalized spacial score (nSPS) is 12.1. The molecule has 1 atom stereocenters. The Morgan fingerprint density at radius 2 is 1.89 bits per heavy atom. The van der Waals surface area contributed by atoms with Crippen molar-refractivity contribution in [3.63, 3.8) is 0 Å². The third-order valence-electron chi connectivity index (χ3n) is 2.29. The summed E-state index contributed by atoms with van der Waals surface area (Å²) in [4.78, 5) is 4.38. The molecule has 2 N–H and O–H groups in total. The van der Waals surface area contributed by atoms with Crippen LogP contribution in [0.4, 0.5) is 8.78 Å². The molecule has 1 heterocycles. The second kappa shape index (κ2) is 6.79. The zero-order valence-electron chi connectivity index (χ0n) is 10.0. The molecule has 0 saturated heterocycles. The van der Waals surface area contributed by atoms with Gasteiger partial charge in [-0.2, -0.15) is 8.78 Å². The summed E-state index contributed by atoms with van der Waals surface area (Å²) < 4.78 is 28.3. The molecule has 104 valence electrons. The van der Waals surface area contributed by atoms with Gasteiger partial charge < -0.3 is 10.5 Å². The number of hydrogen-bond donors (Lipinski definition) is 1. The summed E-state index contributed by atoms with van der Waals surface area (Å²) >= 11 is 1.48. The number of aromatic nitrogens is 1. The Bertz CT molecular complexity index is 517. The molecule has 2 aromatic rings. The lowest BCUT2D eigenvalue weighted by Gasteiger charge is -2.04. The van der Waals surface area contributed by atoms with E-state index in [9.17, 15) is 8.78 Å². The number of thiazole rings is 1. The Hall–Kier alpha value is -1.24. The van der Waals surface area contributed by atoms with Crippen LogP contribution >= 0.6 is 23.7 Å². The van der Waals surface area contributed by atoms with E-state index in [1.54, 1.807) is 12.1 Å². The Morgan fingerprint density at radius 1 is 1.26 bits per heavy atom. The maximum atomic E-state index is 12.0. The van der Waals surface area contributed by atoms with Crippen molar-refractivity contribution in [1.29, 1.82) is 0 Å². The van der Waals surface area contributed by atoms with E-state index in [1.807, 2.05) is 12.3 Å². The molecule has 2 rings (SSSR count). The van der Waals surface area contributed by atoms with Crippen molar-refractivity contribution in [3.05, 3.63) is 34.7 Å². The smallest absolute Gasteiger partial charge is 0.387 e. The van der Waals surface area contributed by atoms with Crippen molar-refractivity contribution >= 4 is 23.7 Å². The first-order chi connectivity index (χ1) is 8.56. The first-order valence-electron chi connectivity index (χ1n) is 5.32. The Morgan fingerprint density at radius 3 is 2.37 bits per heavy atom. The molecule has 0 aliphatic rings. The number of benzene rings is 1. The fraction of sp³-hybridized carbons (Fsp3) is 0.250. The summed E-state index contributed by atoms with van der Waals surface area (Å²) in [5, 5.41) is 2.74. The van der Waals surface area contributed by atoms with Gasteiger partial charge in [0.05, 0.1) is 11.7 Å². The average molecular weight is 307 g/mol. The van der Waals surface area contributed by atoms with E-state index >= 15 is 0 Å². The van der Waals surface area contributed by atoms with E-state index in [0.29, 0.717) is 0 Å². The summed E-state index contributed by atoms with van der Waals surface area (Å²) in [6.45, 7) is -0.942. The molecule has 0 aliphatic heterocycles. The lowest BCUT2D eigenvalue weighted by Crippen LogP contribution is -2.03. The summed E-state index contributed by atoms with van der Waals surface area (Å²) in [5.74, 6) is 0.136. The zero-order chi connectivity index (χ0) is 13.1. The molecule has 0 amide bonds. The average Bonchev–Trinajstić information content (AvgIpc) is 2.78. The summed E-state index contributed by atoms with van der Waals surface area (Å²) in [5.41, 5.74) is 7.36. The molecular formula is C12H13ClF2N2OS. The predicted octanol–water partition coefficient (Wildman–Crippen LogP) is 3.85. The van der Waals surface area contributed by atoms with E-state index < -0.39 is 6.61 Å². The SMILES string of the molecule is CC(N)c1nc(-c2ccc(OC(F)F)cc2)cs1.Cl. The van der Waals surface area contributed by atoms with Gasteiger partial charge in [0.2, 0.25) is 0 Å². The van der Waals surface area contributed by atoms with E-state index in [1.165, 1.54) is 23.5 Å². The molecule has 0 spiro atoms. The minimum atomic E-state index is -2.81. The lowest BCUT2D eigenvalue weighted by atomic mass is 10.2. The van der Waals surface area contributed by atoms with Crippen molar-refractivity contribution in [1.82, 2.24) is 4.98 Å². The maximum Gasteiger partial charge on any atom is 0.387 e. The molecule has 1 aromatic heterocycles. The van der Waals surface area contributed by atoms with Crippen LogP contribution in [0.1, 0.15) is 18.0 Å². The van der Waals surface area contributed by atoms with Gasteiger partial charge in [-0.15, -0.1) is 23.7 Å². The molecule has 3 nitrogen and oxygen atoms in total. The van der Waals surface area contributed by atoms with Gasteiger partial charge >= 0.3 is 6.61 Å². The fourth-order valence-corrected chi connectivity index (χ4v) is 2.22. The molecule has 1 unspecified atom stereocenters. The van der Waals surface area contributed by atoms with Crippen LogP contribution in [0.5, 0.6) is 5.75 Å². The Balaban J connectivity index is 0.00000180. The molecular weight excluding hydrogens is 294 g/mol. The van der Waals surface area contributed by atoms with Crippen LogP contribution in [0.3, 0.4) is 0 Å². The molecule has 0 fully saturated rings. The van der Waals surface area contributed by atoms with Gasteiger partial charge in [-0.05, 0) is 31.2 Å². The summed E-state index contributed by atoms with van der Waals surface area (Å²) in [6.07, 6.45) is 0. The van der Waals surface area contributed by atoms with Crippen molar-refractivity contribution < 1.29 is 13.5 Å². The minimum Gasteiger partial charge on any atom is -0.435 e. The largest absolute Gasteiger partial charge is 0.435 e. The van der Waals surface area contributed by atoms with Gasteiger partial charge in [0.1, 0.15) is 10.8 Å². The van der Waals surface area contributed by atoms with Crippen LogP contribution in [-0.4, -0.2) is 11.6 Å². The molecule has 0 aliphatic carbocycles. The quantitative estimate of drug-likeness (QED) is 0.933. The van der Waals surface area contributed by atoms with Crippen LogP contribution in [0, 0.1) is 0 Å². The number of alkyl halides is 2. The Labute approximate surface area is 119 Å². The third-order valence-corrected chi connectivity index (χ3v) is 3.33. The Kier molecular flexibility index (Phi) is 5.65. The van der Waals surface area contributed by atoms with Gasteiger partial charge in [0, 0.05) is 10.9 Å². The van der Waals surface area contributed by atoms with Gasteiger partial charge in [0.15, 0.2) is 0 Å². The van der Waals surface area contributed by atoms with Gasteiger partial charge in [-0.25, -0.2) is 4.98 Å². The number of hydrogen-bond acceptors (Lipinski definition) is 4. The van der Waals surface area contributed by atoms with Crippen LogP contribution in [0.2, 0.25) is 0 Å². The van der Waals surface area contributed by atoms with Crippen LogP contribution in [0.15, 0.2) is 29.6 Å².